The van der Waals surface area contributed by atoms with Crippen LogP contribution in [-0.4, -0.2) is 27.9 Å². The lowest BCUT2D eigenvalue weighted by molar-refractivity contribution is 0.689. The Kier molecular flexibility index (Phi) is 7.59. The molecule has 0 aromatic carbocycles. The molecule has 0 aliphatic carbocycles. The molecule has 0 fully saturated rings. The summed E-state index contributed by atoms with van der Waals surface area (Å²) < 4.78 is 4.24. The van der Waals surface area contributed by atoms with Crippen molar-refractivity contribution >= 4 is 28.4 Å². The Morgan fingerprint density at radius 2 is 2.06 bits per heavy atom. The summed E-state index contributed by atoms with van der Waals surface area (Å²) in [4.78, 5) is 4.37. The van der Waals surface area contributed by atoms with E-state index in [0.29, 0.717) is 0 Å². The van der Waals surface area contributed by atoms with E-state index in [4.69, 9.17) is 0 Å². The number of anilines is 1. The van der Waals surface area contributed by atoms with Gasteiger partial charge in [-0.05, 0) is 24.9 Å². The molecule has 1 aromatic heterocycles. The summed E-state index contributed by atoms with van der Waals surface area (Å²) in [5, 5.41) is 4.30. The molecule has 0 atom stereocenters. The first kappa shape index (κ1) is 13.8. The Hall–Kier alpha value is -0.290. The van der Waals surface area contributed by atoms with Crippen LogP contribution in [0.4, 0.5) is 5.13 Å². The van der Waals surface area contributed by atoms with E-state index in [-0.39, 0.29) is 0 Å². The SMILES string of the molecule is CCc1nsc(NCCCCCCSC)n1. The average Bonchev–Trinajstić information content (AvgIpc) is 2.76. The molecule has 0 spiro atoms. The topological polar surface area (TPSA) is 37.8 Å². The summed E-state index contributed by atoms with van der Waals surface area (Å²) in [6.45, 7) is 3.11. The Balaban J connectivity index is 1.98. The van der Waals surface area contributed by atoms with E-state index in [1.165, 1.54) is 43.0 Å². The molecular weight excluding hydrogens is 238 g/mol. The summed E-state index contributed by atoms with van der Waals surface area (Å²) in [7, 11) is 0. The first-order valence-corrected chi connectivity index (χ1v) is 8.09. The molecule has 0 aliphatic heterocycles. The van der Waals surface area contributed by atoms with Gasteiger partial charge in [0.2, 0.25) is 5.13 Å². The molecule has 0 saturated heterocycles. The predicted molar refractivity (Wildman–Crippen MR) is 74.6 cm³/mol. The van der Waals surface area contributed by atoms with Gasteiger partial charge in [0.1, 0.15) is 5.82 Å². The molecule has 0 aliphatic rings. The van der Waals surface area contributed by atoms with Gasteiger partial charge in [0.05, 0.1) is 0 Å². The molecule has 0 unspecified atom stereocenters. The van der Waals surface area contributed by atoms with Gasteiger partial charge in [-0.2, -0.15) is 16.1 Å². The van der Waals surface area contributed by atoms with E-state index < -0.39 is 0 Å². The van der Waals surface area contributed by atoms with E-state index >= 15 is 0 Å². The molecule has 0 radical (unpaired) electrons. The molecule has 1 N–H and O–H groups in total. The average molecular weight is 259 g/mol. The Labute approximate surface area is 107 Å². The predicted octanol–water partition coefficient (Wildman–Crippen LogP) is 3.44. The minimum atomic E-state index is 0.923. The minimum absolute atomic E-state index is 0.923. The summed E-state index contributed by atoms with van der Waals surface area (Å²) >= 11 is 3.41. The molecule has 5 heteroatoms. The standard InChI is InChI=1S/C11H21N3S2/c1-3-10-13-11(16-14-10)12-8-6-4-5-7-9-15-2/h3-9H2,1-2H3,(H,12,13,14). The van der Waals surface area contributed by atoms with Crippen molar-refractivity contribution in [2.24, 2.45) is 0 Å². The van der Waals surface area contributed by atoms with Gasteiger partial charge < -0.3 is 5.32 Å². The van der Waals surface area contributed by atoms with Crippen molar-refractivity contribution in [3.63, 3.8) is 0 Å². The van der Waals surface area contributed by atoms with Crippen LogP contribution in [0.2, 0.25) is 0 Å². The first-order valence-electron chi connectivity index (χ1n) is 5.92. The monoisotopic (exact) mass is 259 g/mol. The number of hydrogen-bond acceptors (Lipinski definition) is 5. The molecule has 1 rings (SSSR count). The zero-order valence-corrected chi connectivity index (χ0v) is 11.8. The number of unbranched alkanes of at least 4 members (excludes halogenated alkanes) is 3. The van der Waals surface area contributed by atoms with Crippen LogP contribution in [0.25, 0.3) is 0 Å². The van der Waals surface area contributed by atoms with Gasteiger partial charge in [0.15, 0.2) is 0 Å². The van der Waals surface area contributed by atoms with Crippen molar-refractivity contribution in [3.8, 4) is 0 Å². The second-order valence-electron chi connectivity index (χ2n) is 3.70. The maximum Gasteiger partial charge on any atom is 0.202 e. The fraction of sp³-hybridized carbons (Fsp3) is 0.818. The molecule has 92 valence electrons. The Morgan fingerprint density at radius 3 is 2.75 bits per heavy atom. The highest BCUT2D eigenvalue weighted by molar-refractivity contribution is 7.98. The fourth-order valence-electron chi connectivity index (χ4n) is 1.39. The highest BCUT2D eigenvalue weighted by atomic mass is 32.2. The number of nitrogens with one attached hydrogen (secondary N) is 1. The van der Waals surface area contributed by atoms with Crippen molar-refractivity contribution in [1.29, 1.82) is 0 Å². The summed E-state index contributed by atoms with van der Waals surface area (Å²) in [6.07, 6.45) is 8.33. The maximum atomic E-state index is 4.37. The van der Waals surface area contributed by atoms with Crippen LogP contribution >= 0.6 is 23.3 Å². The van der Waals surface area contributed by atoms with Crippen LogP contribution in [0.5, 0.6) is 0 Å². The number of thioether (sulfide) groups is 1. The third-order valence-corrected chi connectivity index (χ3v) is 3.74. The minimum Gasteiger partial charge on any atom is -0.360 e. The molecule has 0 saturated carbocycles. The summed E-state index contributed by atoms with van der Waals surface area (Å²) in [6, 6.07) is 0. The van der Waals surface area contributed by atoms with Crippen molar-refractivity contribution in [2.45, 2.75) is 39.0 Å². The van der Waals surface area contributed by atoms with Gasteiger partial charge in [0.25, 0.3) is 0 Å². The fourth-order valence-corrected chi connectivity index (χ4v) is 2.56. The maximum absolute atomic E-state index is 4.37. The van der Waals surface area contributed by atoms with Gasteiger partial charge in [0, 0.05) is 24.5 Å². The zero-order valence-electron chi connectivity index (χ0n) is 10.2. The van der Waals surface area contributed by atoms with Gasteiger partial charge >= 0.3 is 0 Å². The molecule has 0 bridgehead atoms. The normalized spacial score (nSPS) is 10.6. The van der Waals surface area contributed by atoms with E-state index in [1.807, 2.05) is 11.8 Å². The third-order valence-electron chi connectivity index (χ3n) is 2.34. The highest BCUT2D eigenvalue weighted by Gasteiger charge is 2.00. The van der Waals surface area contributed by atoms with Crippen LogP contribution in [0, 0.1) is 0 Å². The lowest BCUT2D eigenvalue weighted by Gasteiger charge is -2.01. The Bertz CT molecular complexity index is 276. The summed E-state index contributed by atoms with van der Waals surface area (Å²) in [5.74, 6) is 2.25. The highest BCUT2D eigenvalue weighted by Crippen LogP contribution is 2.11. The van der Waals surface area contributed by atoms with Crippen LogP contribution in [0.3, 0.4) is 0 Å². The number of rotatable bonds is 9. The van der Waals surface area contributed by atoms with E-state index in [9.17, 15) is 0 Å². The molecule has 3 nitrogen and oxygen atoms in total. The number of nitrogens with zero attached hydrogens (tertiary/aromatic N) is 2. The molecule has 16 heavy (non-hydrogen) atoms. The van der Waals surface area contributed by atoms with Crippen molar-refractivity contribution < 1.29 is 0 Å². The van der Waals surface area contributed by atoms with Crippen LogP contribution in [-0.2, 0) is 6.42 Å². The van der Waals surface area contributed by atoms with Crippen molar-refractivity contribution in [2.75, 3.05) is 23.9 Å². The molecule has 0 amide bonds. The van der Waals surface area contributed by atoms with Crippen LogP contribution < -0.4 is 5.32 Å². The van der Waals surface area contributed by atoms with Crippen molar-refractivity contribution in [3.05, 3.63) is 5.82 Å². The Morgan fingerprint density at radius 1 is 1.25 bits per heavy atom. The van der Waals surface area contributed by atoms with Gasteiger partial charge in [-0.3, -0.25) is 0 Å². The van der Waals surface area contributed by atoms with Gasteiger partial charge in [-0.25, -0.2) is 4.98 Å². The van der Waals surface area contributed by atoms with Gasteiger partial charge in [-0.1, -0.05) is 19.8 Å². The first-order chi connectivity index (χ1) is 7.86. The quantitative estimate of drug-likeness (QED) is 0.689. The molecule has 1 aromatic rings. The number of aryl methyl sites for hydroxylation is 1. The van der Waals surface area contributed by atoms with Crippen molar-refractivity contribution in [1.82, 2.24) is 9.36 Å². The van der Waals surface area contributed by atoms with Crippen LogP contribution in [0.15, 0.2) is 0 Å². The second-order valence-corrected chi connectivity index (χ2v) is 5.44. The largest absolute Gasteiger partial charge is 0.360 e. The summed E-state index contributed by atoms with van der Waals surface area (Å²) in [5.41, 5.74) is 0. The number of aromatic nitrogens is 2. The molecule has 1 heterocycles. The van der Waals surface area contributed by atoms with Gasteiger partial charge in [-0.15, -0.1) is 0 Å². The lowest BCUT2D eigenvalue weighted by atomic mass is 10.2. The van der Waals surface area contributed by atoms with E-state index in [1.54, 1.807) is 0 Å². The van der Waals surface area contributed by atoms with E-state index in [0.717, 1.165) is 23.9 Å². The lowest BCUT2D eigenvalue weighted by Crippen LogP contribution is -2.01. The second kappa shape index (κ2) is 8.82. The van der Waals surface area contributed by atoms with Crippen LogP contribution in [0.1, 0.15) is 38.4 Å². The third kappa shape index (κ3) is 5.70. The molecular formula is C11H21N3S2. The van der Waals surface area contributed by atoms with E-state index in [2.05, 4.69) is 27.9 Å². The zero-order chi connectivity index (χ0) is 11.6. The smallest absolute Gasteiger partial charge is 0.202 e. The number of hydrogen-bond donors (Lipinski definition) is 1.